The highest BCUT2D eigenvalue weighted by molar-refractivity contribution is 6.19. The first-order chi connectivity index (χ1) is 16.9. The van der Waals surface area contributed by atoms with Gasteiger partial charge in [0.1, 0.15) is 5.92 Å². The Morgan fingerprint density at radius 2 is 1.77 bits per heavy atom. The molecule has 2 aromatic carbocycles. The van der Waals surface area contributed by atoms with E-state index in [1.807, 2.05) is 25.1 Å². The number of ether oxygens (including phenoxy) is 2. The van der Waals surface area contributed by atoms with Gasteiger partial charge in [0, 0.05) is 24.0 Å². The summed E-state index contributed by atoms with van der Waals surface area (Å²) in [6.45, 7) is 4.59. The Labute approximate surface area is 206 Å². The van der Waals surface area contributed by atoms with E-state index < -0.39 is 11.9 Å². The van der Waals surface area contributed by atoms with E-state index in [9.17, 15) is 9.59 Å². The second-order valence-electron chi connectivity index (χ2n) is 9.04. The number of rotatable bonds is 9. The van der Waals surface area contributed by atoms with Crippen molar-refractivity contribution in [1.82, 2.24) is 4.90 Å². The van der Waals surface area contributed by atoms with Crippen molar-refractivity contribution in [3.63, 3.8) is 0 Å². The first-order valence-electron chi connectivity index (χ1n) is 12.1. The van der Waals surface area contributed by atoms with E-state index in [-0.39, 0.29) is 11.8 Å². The lowest BCUT2D eigenvalue weighted by Gasteiger charge is -2.29. The number of piperidine rings is 1. The van der Waals surface area contributed by atoms with Crippen molar-refractivity contribution >= 4 is 29.0 Å². The van der Waals surface area contributed by atoms with E-state index in [2.05, 4.69) is 22.3 Å². The van der Waals surface area contributed by atoms with Crippen molar-refractivity contribution in [2.75, 3.05) is 39.2 Å². The van der Waals surface area contributed by atoms with Crippen LogP contribution in [-0.2, 0) is 16.0 Å². The van der Waals surface area contributed by atoms with Gasteiger partial charge in [-0.05, 0) is 68.1 Å². The minimum absolute atomic E-state index is 0.0980. The molecule has 1 atom stereocenters. The summed E-state index contributed by atoms with van der Waals surface area (Å²) in [6.07, 6.45) is 2.99. The summed E-state index contributed by atoms with van der Waals surface area (Å²) in [6, 6.07) is 11.8. The van der Waals surface area contributed by atoms with Gasteiger partial charge in [-0.15, -0.1) is 0 Å². The fourth-order valence-corrected chi connectivity index (χ4v) is 4.86. The molecule has 0 spiro atoms. The molecular formula is C27H33N3O5. The number of carboxylic acid groups (broad SMARTS) is 1. The van der Waals surface area contributed by atoms with Crippen LogP contribution >= 0.6 is 0 Å². The molecule has 1 saturated heterocycles. The van der Waals surface area contributed by atoms with Crippen LogP contribution in [-0.4, -0.2) is 61.4 Å². The number of hydrogen-bond donors (Lipinski definition) is 2. The van der Waals surface area contributed by atoms with Crippen LogP contribution in [0, 0.1) is 5.92 Å². The molecule has 35 heavy (non-hydrogen) atoms. The van der Waals surface area contributed by atoms with Crippen LogP contribution in [0.15, 0.2) is 41.4 Å². The van der Waals surface area contributed by atoms with Gasteiger partial charge in [0.2, 0.25) is 5.91 Å². The van der Waals surface area contributed by atoms with E-state index in [1.54, 1.807) is 20.3 Å². The predicted molar refractivity (Wildman–Crippen MR) is 135 cm³/mol. The average molecular weight is 480 g/mol. The fourth-order valence-electron chi connectivity index (χ4n) is 4.86. The Hall–Kier alpha value is -3.39. The van der Waals surface area contributed by atoms with E-state index in [1.165, 1.54) is 5.56 Å². The number of benzene rings is 2. The van der Waals surface area contributed by atoms with Crippen molar-refractivity contribution in [2.45, 2.75) is 38.5 Å². The van der Waals surface area contributed by atoms with Gasteiger partial charge in [-0.1, -0.05) is 19.1 Å². The predicted octanol–water partition coefficient (Wildman–Crippen LogP) is 4.26. The third-order valence-corrected chi connectivity index (χ3v) is 6.94. The molecule has 186 valence electrons. The SMILES string of the molecule is CCC(=Nc1ccc(CCN2CCC(C(=O)O)CC2)cc1)C1C(=O)Nc2cc(OC)c(OC)cc21. The van der Waals surface area contributed by atoms with E-state index >= 15 is 0 Å². The molecule has 8 nitrogen and oxygen atoms in total. The number of hydrogen-bond acceptors (Lipinski definition) is 6. The van der Waals surface area contributed by atoms with Crippen molar-refractivity contribution in [3.8, 4) is 11.5 Å². The zero-order chi connectivity index (χ0) is 24.9. The molecule has 1 amide bonds. The summed E-state index contributed by atoms with van der Waals surface area (Å²) in [5.74, 6) is -0.288. The molecule has 0 radical (unpaired) electrons. The summed E-state index contributed by atoms with van der Waals surface area (Å²) in [5, 5.41) is 12.1. The van der Waals surface area contributed by atoms with Crippen LogP contribution in [0.3, 0.4) is 0 Å². The highest BCUT2D eigenvalue weighted by Crippen LogP contribution is 2.42. The minimum Gasteiger partial charge on any atom is -0.493 e. The Balaban J connectivity index is 1.44. The minimum atomic E-state index is -0.676. The van der Waals surface area contributed by atoms with E-state index in [0.29, 0.717) is 17.9 Å². The maximum absolute atomic E-state index is 12.9. The van der Waals surface area contributed by atoms with Gasteiger partial charge < -0.3 is 24.8 Å². The van der Waals surface area contributed by atoms with Crippen LogP contribution < -0.4 is 14.8 Å². The molecular weight excluding hydrogens is 446 g/mol. The number of nitrogens with zero attached hydrogens (tertiary/aromatic N) is 2. The summed E-state index contributed by atoms with van der Waals surface area (Å²) in [5.41, 5.74) is 4.39. The van der Waals surface area contributed by atoms with Crippen molar-refractivity contribution in [1.29, 1.82) is 0 Å². The second kappa shape index (κ2) is 10.9. The molecule has 0 aromatic heterocycles. The number of methoxy groups -OCH3 is 2. The lowest BCUT2D eigenvalue weighted by Crippen LogP contribution is -2.37. The molecule has 0 bridgehead atoms. The molecule has 0 saturated carbocycles. The Morgan fingerprint density at radius 1 is 1.11 bits per heavy atom. The number of aliphatic carboxylic acids is 1. The zero-order valence-corrected chi connectivity index (χ0v) is 20.5. The zero-order valence-electron chi connectivity index (χ0n) is 20.5. The van der Waals surface area contributed by atoms with Gasteiger partial charge in [-0.2, -0.15) is 0 Å². The van der Waals surface area contributed by atoms with E-state index in [0.717, 1.165) is 61.5 Å². The van der Waals surface area contributed by atoms with Crippen LogP contribution in [0.2, 0.25) is 0 Å². The van der Waals surface area contributed by atoms with Gasteiger partial charge in [0.05, 0.1) is 25.8 Å². The van der Waals surface area contributed by atoms with Gasteiger partial charge in [-0.25, -0.2) is 0 Å². The number of carbonyl (C=O) groups excluding carboxylic acids is 1. The number of fused-ring (bicyclic) bond motifs is 1. The van der Waals surface area contributed by atoms with Gasteiger partial charge >= 0.3 is 5.97 Å². The maximum atomic E-state index is 12.9. The van der Waals surface area contributed by atoms with Crippen LogP contribution in [0.1, 0.15) is 43.2 Å². The Kier molecular flexibility index (Phi) is 7.70. The van der Waals surface area contributed by atoms with Crippen LogP contribution in [0.4, 0.5) is 11.4 Å². The normalized spacial score (nSPS) is 18.8. The molecule has 2 aliphatic rings. The van der Waals surface area contributed by atoms with Gasteiger partial charge in [-0.3, -0.25) is 14.6 Å². The molecule has 8 heteroatoms. The summed E-state index contributed by atoms with van der Waals surface area (Å²) in [4.78, 5) is 31.2. The van der Waals surface area contributed by atoms with Crippen molar-refractivity contribution < 1.29 is 24.2 Å². The third-order valence-electron chi connectivity index (χ3n) is 6.94. The lowest BCUT2D eigenvalue weighted by atomic mass is 9.93. The standard InChI is InChI=1S/C27H33N3O5/c1-4-21(25-20-15-23(34-2)24(35-3)16-22(20)29-26(25)31)28-19-7-5-17(6-8-19)9-12-30-13-10-18(11-14-30)27(32)33/h5-8,15-16,18,25H,4,9-14H2,1-3H3,(H,29,31)(H,32,33). The summed E-state index contributed by atoms with van der Waals surface area (Å²) < 4.78 is 10.8. The summed E-state index contributed by atoms with van der Waals surface area (Å²) >= 11 is 0. The quantitative estimate of drug-likeness (QED) is 0.521. The second-order valence-corrected chi connectivity index (χ2v) is 9.04. The van der Waals surface area contributed by atoms with E-state index in [4.69, 9.17) is 19.6 Å². The number of likely N-dealkylation sites (tertiary alicyclic amines) is 1. The molecule has 2 aliphatic heterocycles. The number of aliphatic imine (C=N–C) groups is 1. The smallest absolute Gasteiger partial charge is 0.306 e. The largest absolute Gasteiger partial charge is 0.493 e. The fraction of sp³-hybridized carbons (Fsp3) is 0.444. The summed E-state index contributed by atoms with van der Waals surface area (Å²) in [7, 11) is 3.15. The monoisotopic (exact) mass is 479 g/mol. The number of carbonyl (C=O) groups is 2. The molecule has 1 fully saturated rings. The number of carboxylic acids is 1. The van der Waals surface area contributed by atoms with Gasteiger partial charge in [0.15, 0.2) is 11.5 Å². The van der Waals surface area contributed by atoms with Crippen molar-refractivity contribution in [2.24, 2.45) is 10.9 Å². The first-order valence-corrected chi connectivity index (χ1v) is 12.1. The average Bonchev–Trinajstić information content (AvgIpc) is 3.20. The number of amides is 1. The Bertz CT molecular complexity index is 1100. The topological polar surface area (TPSA) is 100 Å². The van der Waals surface area contributed by atoms with Crippen molar-refractivity contribution in [3.05, 3.63) is 47.5 Å². The first kappa shape index (κ1) is 24.7. The lowest BCUT2D eigenvalue weighted by molar-refractivity contribution is -0.143. The third kappa shape index (κ3) is 5.48. The molecule has 2 N–H and O–H groups in total. The van der Waals surface area contributed by atoms with Gasteiger partial charge in [0.25, 0.3) is 0 Å². The highest BCUT2D eigenvalue weighted by Gasteiger charge is 2.35. The highest BCUT2D eigenvalue weighted by atomic mass is 16.5. The number of anilines is 1. The Morgan fingerprint density at radius 3 is 2.37 bits per heavy atom. The van der Waals surface area contributed by atoms with Crippen LogP contribution in [0.5, 0.6) is 11.5 Å². The molecule has 2 heterocycles. The molecule has 0 aliphatic carbocycles. The molecule has 2 aromatic rings. The number of nitrogens with one attached hydrogen (secondary N) is 1. The maximum Gasteiger partial charge on any atom is 0.306 e. The van der Waals surface area contributed by atoms with Crippen LogP contribution in [0.25, 0.3) is 0 Å². The molecule has 1 unspecified atom stereocenters. The molecule has 4 rings (SSSR count).